The number of benzene rings is 2. The maximum Gasteiger partial charge on any atom is 0.282 e. The molecule has 0 aliphatic carbocycles. The van der Waals surface area contributed by atoms with Crippen molar-refractivity contribution in [2.24, 2.45) is 0 Å². The van der Waals surface area contributed by atoms with E-state index in [4.69, 9.17) is 4.42 Å². The average molecular weight is 283 g/mol. The molecule has 0 spiro atoms. The van der Waals surface area contributed by atoms with Crippen molar-refractivity contribution in [1.29, 1.82) is 0 Å². The van der Waals surface area contributed by atoms with Gasteiger partial charge in [-0.2, -0.15) is 0 Å². The van der Waals surface area contributed by atoms with Gasteiger partial charge in [-0.25, -0.2) is 0 Å². The zero-order valence-corrected chi connectivity index (χ0v) is 10.6. The van der Waals surface area contributed by atoms with E-state index in [2.05, 4.69) is 10.2 Å². The molecule has 0 fully saturated rings. The number of hydrogen-bond donors (Lipinski definition) is 1. The standard InChI is InChI=1S/C14H9N3O4/c18-12-8-4-2-6-10(12)14-16-15-13(21-14)9-5-1-3-7-11(9)17(19)20/h1-8,18H. The highest BCUT2D eigenvalue weighted by molar-refractivity contribution is 5.68. The van der Waals surface area contributed by atoms with Crippen molar-refractivity contribution in [3.05, 3.63) is 58.6 Å². The molecule has 0 unspecified atom stereocenters. The summed E-state index contributed by atoms with van der Waals surface area (Å²) < 4.78 is 5.44. The topological polar surface area (TPSA) is 102 Å². The van der Waals surface area contributed by atoms with E-state index >= 15 is 0 Å². The molecule has 21 heavy (non-hydrogen) atoms. The summed E-state index contributed by atoms with van der Waals surface area (Å²) in [6, 6.07) is 12.6. The van der Waals surface area contributed by atoms with Crippen molar-refractivity contribution in [2.75, 3.05) is 0 Å². The van der Waals surface area contributed by atoms with Crippen molar-refractivity contribution in [3.8, 4) is 28.7 Å². The highest BCUT2D eigenvalue weighted by Crippen LogP contribution is 2.33. The van der Waals surface area contributed by atoms with Crippen LogP contribution in [0.5, 0.6) is 5.75 Å². The van der Waals surface area contributed by atoms with Gasteiger partial charge in [0.25, 0.3) is 17.5 Å². The molecule has 2 aromatic carbocycles. The average Bonchev–Trinajstić information content (AvgIpc) is 2.97. The fourth-order valence-corrected chi connectivity index (χ4v) is 1.91. The van der Waals surface area contributed by atoms with Crippen LogP contribution in [0.1, 0.15) is 0 Å². The van der Waals surface area contributed by atoms with E-state index in [1.54, 1.807) is 30.3 Å². The predicted molar refractivity (Wildman–Crippen MR) is 73.5 cm³/mol. The van der Waals surface area contributed by atoms with Gasteiger partial charge in [-0.1, -0.05) is 24.3 Å². The number of nitro benzene ring substituents is 1. The van der Waals surface area contributed by atoms with Gasteiger partial charge in [0.05, 0.1) is 10.5 Å². The molecule has 1 heterocycles. The summed E-state index contributed by atoms with van der Waals surface area (Å²) in [5.74, 6) is 0.122. The molecule has 3 rings (SSSR count). The molecule has 0 saturated heterocycles. The van der Waals surface area contributed by atoms with Crippen molar-refractivity contribution in [2.45, 2.75) is 0 Å². The lowest BCUT2D eigenvalue weighted by atomic mass is 10.2. The Kier molecular flexibility index (Phi) is 3.07. The molecule has 0 saturated carbocycles. The first kappa shape index (κ1) is 12.8. The molecular weight excluding hydrogens is 274 g/mol. The number of aromatic hydroxyl groups is 1. The molecule has 7 heteroatoms. The number of para-hydroxylation sites is 2. The molecule has 1 aromatic heterocycles. The van der Waals surface area contributed by atoms with Crippen LogP contribution in [0.4, 0.5) is 5.69 Å². The highest BCUT2D eigenvalue weighted by Gasteiger charge is 2.20. The van der Waals surface area contributed by atoms with Crippen LogP contribution in [0.25, 0.3) is 22.9 Å². The third-order valence-corrected chi connectivity index (χ3v) is 2.89. The molecular formula is C14H9N3O4. The van der Waals surface area contributed by atoms with Crippen LogP contribution in [-0.4, -0.2) is 20.2 Å². The summed E-state index contributed by atoms with van der Waals surface area (Å²) in [4.78, 5) is 10.5. The Morgan fingerprint density at radius 1 is 0.952 bits per heavy atom. The maximum absolute atomic E-state index is 11.0. The minimum atomic E-state index is -0.515. The van der Waals surface area contributed by atoms with Crippen molar-refractivity contribution < 1.29 is 14.4 Å². The lowest BCUT2D eigenvalue weighted by molar-refractivity contribution is -0.384. The van der Waals surface area contributed by atoms with Crippen LogP contribution >= 0.6 is 0 Å². The number of rotatable bonds is 3. The lowest BCUT2D eigenvalue weighted by Crippen LogP contribution is -1.91. The second-order valence-electron chi connectivity index (χ2n) is 4.20. The number of aromatic nitrogens is 2. The Balaban J connectivity index is 2.08. The van der Waals surface area contributed by atoms with Crippen LogP contribution in [0, 0.1) is 10.1 Å². The third kappa shape index (κ3) is 2.32. The van der Waals surface area contributed by atoms with Gasteiger partial charge in [0.2, 0.25) is 0 Å². The van der Waals surface area contributed by atoms with Crippen LogP contribution in [0.2, 0.25) is 0 Å². The molecule has 0 radical (unpaired) electrons. The summed E-state index contributed by atoms with van der Waals surface area (Å²) in [6.07, 6.45) is 0. The SMILES string of the molecule is O=[N+]([O-])c1ccccc1-c1nnc(-c2ccccc2O)o1. The maximum atomic E-state index is 11.0. The molecule has 7 nitrogen and oxygen atoms in total. The largest absolute Gasteiger partial charge is 0.507 e. The van der Waals surface area contributed by atoms with Gasteiger partial charge >= 0.3 is 0 Å². The van der Waals surface area contributed by atoms with Crippen LogP contribution < -0.4 is 0 Å². The second-order valence-corrected chi connectivity index (χ2v) is 4.20. The van der Waals surface area contributed by atoms with Gasteiger partial charge < -0.3 is 9.52 Å². The van der Waals surface area contributed by atoms with Gasteiger partial charge in [0.15, 0.2) is 0 Å². The van der Waals surface area contributed by atoms with E-state index in [0.29, 0.717) is 5.56 Å². The van der Waals surface area contributed by atoms with E-state index in [1.165, 1.54) is 18.2 Å². The molecule has 0 atom stereocenters. The summed E-state index contributed by atoms with van der Waals surface area (Å²) in [5, 5.41) is 28.4. The minimum Gasteiger partial charge on any atom is -0.507 e. The number of phenolic OH excluding ortho intramolecular Hbond substituents is 1. The Bertz CT molecular complexity index is 813. The summed E-state index contributed by atoms with van der Waals surface area (Å²) in [5.41, 5.74) is 0.483. The minimum absolute atomic E-state index is 0.00439. The Morgan fingerprint density at radius 3 is 2.19 bits per heavy atom. The van der Waals surface area contributed by atoms with Crippen LogP contribution in [0.15, 0.2) is 52.9 Å². The van der Waals surface area contributed by atoms with Crippen molar-refractivity contribution in [3.63, 3.8) is 0 Å². The van der Waals surface area contributed by atoms with Gasteiger partial charge in [0, 0.05) is 6.07 Å². The second kappa shape index (κ2) is 5.04. The molecule has 0 aliphatic heterocycles. The van der Waals surface area contributed by atoms with E-state index in [-0.39, 0.29) is 28.8 Å². The quantitative estimate of drug-likeness (QED) is 0.585. The first-order valence-corrected chi connectivity index (χ1v) is 6.02. The van der Waals surface area contributed by atoms with Gasteiger partial charge in [-0.15, -0.1) is 10.2 Å². The molecule has 0 aliphatic rings. The molecule has 1 N–H and O–H groups in total. The predicted octanol–water partition coefficient (Wildman–Crippen LogP) is 3.02. The number of phenols is 1. The molecule has 104 valence electrons. The van der Waals surface area contributed by atoms with Crippen molar-refractivity contribution >= 4 is 5.69 Å². The number of nitro groups is 1. The van der Waals surface area contributed by atoms with E-state index in [0.717, 1.165) is 0 Å². The van der Waals surface area contributed by atoms with Gasteiger partial charge in [-0.3, -0.25) is 10.1 Å². The molecule has 0 amide bonds. The number of hydrogen-bond acceptors (Lipinski definition) is 6. The first-order chi connectivity index (χ1) is 10.2. The molecule has 0 bridgehead atoms. The molecule has 3 aromatic rings. The monoisotopic (exact) mass is 283 g/mol. The zero-order chi connectivity index (χ0) is 14.8. The Labute approximate surface area is 118 Å². The Hall–Kier alpha value is -3.22. The third-order valence-electron chi connectivity index (χ3n) is 2.89. The van der Waals surface area contributed by atoms with Gasteiger partial charge in [-0.05, 0) is 18.2 Å². The number of nitrogens with zero attached hydrogens (tertiary/aromatic N) is 3. The fraction of sp³-hybridized carbons (Fsp3) is 0. The highest BCUT2D eigenvalue weighted by atomic mass is 16.6. The van der Waals surface area contributed by atoms with E-state index < -0.39 is 4.92 Å². The zero-order valence-electron chi connectivity index (χ0n) is 10.6. The summed E-state index contributed by atoms with van der Waals surface area (Å²) >= 11 is 0. The lowest BCUT2D eigenvalue weighted by Gasteiger charge is -1.98. The van der Waals surface area contributed by atoms with Crippen LogP contribution in [-0.2, 0) is 0 Å². The first-order valence-electron chi connectivity index (χ1n) is 6.02. The Morgan fingerprint density at radius 2 is 1.52 bits per heavy atom. The fourth-order valence-electron chi connectivity index (χ4n) is 1.91. The van der Waals surface area contributed by atoms with Crippen molar-refractivity contribution in [1.82, 2.24) is 10.2 Å². The smallest absolute Gasteiger partial charge is 0.282 e. The van der Waals surface area contributed by atoms with E-state index in [9.17, 15) is 15.2 Å². The normalized spacial score (nSPS) is 10.5. The van der Waals surface area contributed by atoms with E-state index in [1.807, 2.05) is 0 Å². The van der Waals surface area contributed by atoms with Gasteiger partial charge in [0.1, 0.15) is 11.3 Å². The summed E-state index contributed by atoms with van der Waals surface area (Å²) in [6.45, 7) is 0. The summed E-state index contributed by atoms with van der Waals surface area (Å²) in [7, 11) is 0. The van der Waals surface area contributed by atoms with Crippen LogP contribution in [0.3, 0.4) is 0 Å².